The molecule has 0 unspecified atom stereocenters. The van der Waals surface area contributed by atoms with Crippen LogP contribution in [0.15, 0.2) is 71.6 Å². The van der Waals surface area contributed by atoms with E-state index in [2.05, 4.69) is 5.32 Å². The van der Waals surface area contributed by atoms with E-state index in [0.717, 1.165) is 34.1 Å². The van der Waals surface area contributed by atoms with Crippen molar-refractivity contribution in [3.05, 3.63) is 89.2 Å². The number of nitrogens with one attached hydrogen (secondary N) is 1. The zero-order valence-corrected chi connectivity index (χ0v) is 19.1. The molecule has 0 saturated heterocycles. The largest absolute Gasteiger partial charge is 0.465 e. The number of rotatable bonds is 7. The lowest BCUT2D eigenvalue weighted by atomic mass is 10.1. The third-order valence-corrected chi connectivity index (χ3v) is 6.81. The second-order valence-electron chi connectivity index (χ2n) is 7.32. The van der Waals surface area contributed by atoms with Gasteiger partial charge in [-0.2, -0.15) is 0 Å². The van der Waals surface area contributed by atoms with Crippen LogP contribution in [0, 0.1) is 19.7 Å². The highest BCUT2D eigenvalue weighted by molar-refractivity contribution is 7.92. The van der Waals surface area contributed by atoms with Crippen molar-refractivity contribution >= 4 is 33.3 Å². The molecule has 0 spiro atoms. The van der Waals surface area contributed by atoms with Gasteiger partial charge in [-0.05, 0) is 67.9 Å². The van der Waals surface area contributed by atoms with Crippen LogP contribution >= 0.6 is 0 Å². The van der Waals surface area contributed by atoms with E-state index in [9.17, 15) is 22.4 Å². The molecule has 0 heterocycles. The Kier molecular flexibility index (Phi) is 7.13. The Morgan fingerprint density at radius 2 is 1.61 bits per heavy atom. The highest BCUT2D eigenvalue weighted by Crippen LogP contribution is 2.25. The molecule has 0 aliphatic heterocycles. The van der Waals surface area contributed by atoms with Crippen molar-refractivity contribution in [2.24, 2.45) is 0 Å². The molecule has 3 aromatic carbocycles. The minimum Gasteiger partial charge on any atom is -0.465 e. The van der Waals surface area contributed by atoms with E-state index in [0.29, 0.717) is 11.3 Å². The number of anilines is 2. The number of sulfonamides is 1. The van der Waals surface area contributed by atoms with E-state index < -0.39 is 34.3 Å². The number of methoxy groups -OCH3 is 1. The number of aryl methyl sites for hydroxylation is 1. The average Bonchev–Trinajstić information content (AvgIpc) is 2.79. The van der Waals surface area contributed by atoms with Crippen LogP contribution in [0.5, 0.6) is 0 Å². The first kappa shape index (κ1) is 23.9. The molecule has 0 aromatic heterocycles. The fraction of sp³-hybridized carbons (Fsp3) is 0.167. The molecule has 3 aromatic rings. The van der Waals surface area contributed by atoms with Gasteiger partial charge in [0.25, 0.3) is 10.0 Å². The number of carbonyl (C=O) groups excluding carboxylic acids is 2. The Bertz CT molecular complexity index is 1270. The van der Waals surface area contributed by atoms with Crippen molar-refractivity contribution in [2.75, 3.05) is 23.3 Å². The van der Waals surface area contributed by atoms with Crippen LogP contribution in [-0.2, 0) is 19.6 Å². The minimum atomic E-state index is -4.18. The van der Waals surface area contributed by atoms with E-state index in [1.807, 2.05) is 6.92 Å². The van der Waals surface area contributed by atoms with Gasteiger partial charge < -0.3 is 10.1 Å². The number of hydrogen-bond donors (Lipinski definition) is 1. The first-order chi connectivity index (χ1) is 15.6. The fourth-order valence-corrected chi connectivity index (χ4v) is 4.60. The maximum atomic E-state index is 13.3. The lowest BCUT2D eigenvalue weighted by Gasteiger charge is -2.24. The molecule has 1 N–H and O–H groups in total. The van der Waals surface area contributed by atoms with Gasteiger partial charge in [0.2, 0.25) is 5.91 Å². The van der Waals surface area contributed by atoms with Gasteiger partial charge in [-0.15, -0.1) is 0 Å². The van der Waals surface area contributed by atoms with Crippen molar-refractivity contribution in [2.45, 2.75) is 18.7 Å². The summed E-state index contributed by atoms with van der Waals surface area (Å²) >= 11 is 0. The van der Waals surface area contributed by atoms with Gasteiger partial charge in [0, 0.05) is 5.69 Å². The summed E-state index contributed by atoms with van der Waals surface area (Å²) in [6.45, 7) is 2.96. The quantitative estimate of drug-likeness (QED) is 0.526. The SMILES string of the molecule is COC(=O)c1cccc(NC(=O)CN(c2ccc(C)cc2)S(=O)(=O)c2ccc(F)cc2)c1C. The number of amides is 1. The van der Waals surface area contributed by atoms with Crippen LogP contribution in [0.2, 0.25) is 0 Å². The number of ether oxygens (including phenoxy) is 1. The van der Waals surface area contributed by atoms with Crippen LogP contribution in [0.3, 0.4) is 0 Å². The van der Waals surface area contributed by atoms with Gasteiger partial charge in [-0.3, -0.25) is 9.10 Å². The van der Waals surface area contributed by atoms with E-state index >= 15 is 0 Å². The first-order valence-corrected chi connectivity index (χ1v) is 11.4. The predicted octanol–water partition coefficient (Wildman–Crippen LogP) is 4.06. The third kappa shape index (κ3) is 5.38. The molecule has 0 fully saturated rings. The molecular formula is C24H23FN2O5S. The number of hydrogen-bond acceptors (Lipinski definition) is 5. The van der Waals surface area contributed by atoms with Crippen molar-refractivity contribution in [1.29, 1.82) is 0 Å². The number of benzene rings is 3. The lowest BCUT2D eigenvalue weighted by Crippen LogP contribution is -2.38. The molecule has 0 radical (unpaired) electrons. The molecule has 0 aliphatic carbocycles. The van der Waals surface area contributed by atoms with E-state index in [-0.39, 0.29) is 16.1 Å². The van der Waals surface area contributed by atoms with Gasteiger partial charge in [0.05, 0.1) is 23.3 Å². The molecule has 7 nitrogen and oxygen atoms in total. The number of halogens is 1. The minimum absolute atomic E-state index is 0.152. The van der Waals surface area contributed by atoms with Crippen LogP contribution in [0.1, 0.15) is 21.5 Å². The zero-order chi connectivity index (χ0) is 24.2. The highest BCUT2D eigenvalue weighted by atomic mass is 32.2. The van der Waals surface area contributed by atoms with Gasteiger partial charge in [0.15, 0.2) is 0 Å². The van der Waals surface area contributed by atoms with Crippen molar-refractivity contribution in [3.63, 3.8) is 0 Å². The number of esters is 1. The van der Waals surface area contributed by atoms with Gasteiger partial charge in [-0.25, -0.2) is 17.6 Å². The molecule has 0 bridgehead atoms. The molecule has 1 amide bonds. The van der Waals surface area contributed by atoms with Crippen LogP contribution < -0.4 is 9.62 Å². The van der Waals surface area contributed by atoms with Crippen LogP contribution in [0.25, 0.3) is 0 Å². The Hall–Kier alpha value is -3.72. The van der Waals surface area contributed by atoms with Crippen molar-refractivity contribution in [3.8, 4) is 0 Å². The molecule has 172 valence electrons. The van der Waals surface area contributed by atoms with Crippen molar-refractivity contribution < 1.29 is 27.1 Å². The van der Waals surface area contributed by atoms with E-state index in [1.165, 1.54) is 7.11 Å². The van der Waals surface area contributed by atoms with Gasteiger partial charge >= 0.3 is 5.97 Å². The lowest BCUT2D eigenvalue weighted by molar-refractivity contribution is -0.114. The first-order valence-electron chi connectivity index (χ1n) is 9.96. The molecular weight excluding hydrogens is 447 g/mol. The Morgan fingerprint density at radius 3 is 2.21 bits per heavy atom. The fourth-order valence-electron chi connectivity index (χ4n) is 3.18. The molecule has 0 saturated carbocycles. The summed E-state index contributed by atoms with van der Waals surface area (Å²) in [7, 11) is -2.92. The molecule has 3 rings (SSSR count). The van der Waals surface area contributed by atoms with Gasteiger partial charge in [-0.1, -0.05) is 23.8 Å². The summed E-state index contributed by atoms with van der Waals surface area (Å²) in [5, 5.41) is 2.66. The Labute approximate surface area is 191 Å². The van der Waals surface area contributed by atoms with Crippen molar-refractivity contribution in [1.82, 2.24) is 0 Å². The topological polar surface area (TPSA) is 92.8 Å². The third-order valence-electron chi connectivity index (χ3n) is 5.02. The van der Waals surface area contributed by atoms with E-state index in [4.69, 9.17) is 4.74 Å². The summed E-state index contributed by atoms with van der Waals surface area (Å²) in [5.41, 5.74) is 2.31. The average molecular weight is 471 g/mol. The molecule has 9 heteroatoms. The summed E-state index contributed by atoms with van der Waals surface area (Å²) in [6, 6.07) is 15.8. The summed E-state index contributed by atoms with van der Waals surface area (Å²) in [6.07, 6.45) is 0. The standard InChI is InChI=1S/C24H23FN2O5S/c1-16-7-11-19(12-8-16)27(33(30,31)20-13-9-18(25)10-14-20)15-23(28)26-22-6-4-5-21(17(22)2)24(29)32-3/h4-14H,15H2,1-3H3,(H,26,28). The second kappa shape index (κ2) is 9.83. The highest BCUT2D eigenvalue weighted by Gasteiger charge is 2.27. The second-order valence-corrected chi connectivity index (χ2v) is 9.18. The summed E-state index contributed by atoms with van der Waals surface area (Å²) in [5.74, 6) is -1.75. The molecule has 33 heavy (non-hydrogen) atoms. The predicted molar refractivity (Wildman–Crippen MR) is 123 cm³/mol. The normalized spacial score (nSPS) is 11.0. The summed E-state index contributed by atoms with van der Waals surface area (Å²) in [4.78, 5) is 24.7. The zero-order valence-electron chi connectivity index (χ0n) is 18.3. The van der Waals surface area contributed by atoms with E-state index in [1.54, 1.807) is 49.4 Å². The molecule has 0 aliphatic rings. The van der Waals surface area contributed by atoms with Gasteiger partial charge in [0.1, 0.15) is 12.4 Å². The Balaban J connectivity index is 1.94. The summed E-state index contributed by atoms with van der Waals surface area (Å²) < 4.78 is 45.7. The smallest absolute Gasteiger partial charge is 0.338 e. The monoisotopic (exact) mass is 470 g/mol. The van der Waals surface area contributed by atoms with Crippen LogP contribution in [0.4, 0.5) is 15.8 Å². The maximum Gasteiger partial charge on any atom is 0.338 e. The Morgan fingerprint density at radius 1 is 0.970 bits per heavy atom. The number of nitrogens with zero attached hydrogens (tertiary/aromatic N) is 1. The molecule has 0 atom stereocenters. The maximum absolute atomic E-state index is 13.3. The van der Waals surface area contributed by atoms with Crippen LogP contribution in [-0.4, -0.2) is 33.9 Å². The number of carbonyl (C=O) groups is 2.